The van der Waals surface area contributed by atoms with E-state index < -0.39 is 12.1 Å². The summed E-state index contributed by atoms with van der Waals surface area (Å²) in [6, 6.07) is 16.4. The number of H-pyrrole nitrogens is 1. The van der Waals surface area contributed by atoms with E-state index >= 15 is 0 Å². The van der Waals surface area contributed by atoms with Crippen molar-refractivity contribution in [3.8, 4) is 5.75 Å². The van der Waals surface area contributed by atoms with Gasteiger partial charge in [-0.1, -0.05) is 36.4 Å². The number of aliphatic carboxylic acids is 1. The van der Waals surface area contributed by atoms with E-state index in [9.17, 15) is 14.7 Å². The molecular formula is C20H16N2O4. The largest absolute Gasteiger partial charge is 0.478 e. The number of ether oxygens (including phenoxy) is 1. The highest BCUT2D eigenvalue weighted by Gasteiger charge is 2.26. The van der Waals surface area contributed by atoms with Gasteiger partial charge in [0.1, 0.15) is 5.75 Å². The van der Waals surface area contributed by atoms with Crippen molar-refractivity contribution in [1.29, 1.82) is 0 Å². The molecule has 0 saturated heterocycles. The van der Waals surface area contributed by atoms with Crippen LogP contribution in [0.5, 0.6) is 5.75 Å². The molecule has 0 aliphatic carbocycles. The van der Waals surface area contributed by atoms with Crippen molar-refractivity contribution in [2.45, 2.75) is 6.42 Å². The number of carbonyl (C=O) groups excluding carboxylic acids is 1. The number of carbonyl (C=O) groups is 2. The Morgan fingerprint density at radius 1 is 1.04 bits per heavy atom. The van der Waals surface area contributed by atoms with Crippen LogP contribution in [0, 0.1) is 0 Å². The summed E-state index contributed by atoms with van der Waals surface area (Å²) in [5.41, 5.74) is 2.35. The van der Waals surface area contributed by atoms with E-state index in [4.69, 9.17) is 4.74 Å². The Morgan fingerprint density at radius 3 is 2.54 bits per heavy atom. The minimum atomic E-state index is -1.10. The normalized spacial score (nSPS) is 13.7. The Bertz CT molecular complexity index is 1020. The van der Waals surface area contributed by atoms with Gasteiger partial charge in [-0.05, 0) is 30.2 Å². The molecule has 0 spiro atoms. The van der Waals surface area contributed by atoms with E-state index in [1.807, 2.05) is 30.3 Å². The Hall–Kier alpha value is -3.54. The summed E-state index contributed by atoms with van der Waals surface area (Å²) in [7, 11) is 0. The minimum Gasteiger partial charge on any atom is -0.478 e. The first-order valence-electron chi connectivity index (χ1n) is 8.22. The maximum Gasteiger partial charge on any atom is 0.419 e. The van der Waals surface area contributed by atoms with E-state index in [0.717, 1.165) is 16.5 Å². The highest BCUT2D eigenvalue weighted by molar-refractivity contribution is 6.17. The molecule has 4 rings (SSSR count). The van der Waals surface area contributed by atoms with Crippen LogP contribution in [-0.2, 0) is 11.2 Å². The number of hydrogen-bond acceptors (Lipinski definition) is 3. The van der Waals surface area contributed by atoms with Crippen LogP contribution in [-0.4, -0.2) is 33.6 Å². The van der Waals surface area contributed by atoms with E-state index in [1.54, 1.807) is 24.3 Å². The molecule has 2 N–H and O–H groups in total. The molecule has 0 unspecified atom stereocenters. The third kappa shape index (κ3) is 2.82. The topological polar surface area (TPSA) is 82.6 Å². The summed E-state index contributed by atoms with van der Waals surface area (Å²) >= 11 is 0. The minimum absolute atomic E-state index is 0.0405. The molecule has 0 atom stereocenters. The number of aromatic amines is 1. The number of carboxylic acids is 1. The van der Waals surface area contributed by atoms with Gasteiger partial charge in [0, 0.05) is 23.6 Å². The van der Waals surface area contributed by atoms with Crippen LogP contribution in [0.25, 0.3) is 16.5 Å². The third-order valence-electron chi connectivity index (χ3n) is 4.38. The molecule has 130 valence electrons. The fourth-order valence-electron chi connectivity index (χ4n) is 3.16. The molecule has 0 saturated carbocycles. The highest BCUT2D eigenvalue weighted by Crippen LogP contribution is 2.31. The molecule has 1 aliphatic heterocycles. The van der Waals surface area contributed by atoms with Crippen molar-refractivity contribution < 1.29 is 19.4 Å². The SMILES string of the molecule is O=C(O)C1=CN(C(=O)Oc2ccccc2)CCc2c1[nH]c1ccccc21. The zero-order valence-corrected chi connectivity index (χ0v) is 13.8. The summed E-state index contributed by atoms with van der Waals surface area (Å²) in [5, 5.41) is 10.6. The first-order chi connectivity index (χ1) is 12.6. The number of para-hydroxylation sites is 2. The van der Waals surface area contributed by atoms with Gasteiger partial charge >= 0.3 is 12.1 Å². The molecular weight excluding hydrogens is 332 g/mol. The number of nitrogens with zero attached hydrogens (tertiary/aromatic N) is 1. The first-order valence-corrected chi connectivity index (χ1v) is 8.22. The standard InChI is InChI=1S/C20H16N2O4/c23-19(24)16-12-22(20(25)26-13-6-2-1-3-7-13)11-10-15-14-8-4-5-9-17(14)21-18(15)16/h1-9,12,21H,10-11H2,(H,23,24). The number of amides is 1. The number of hydrogen-bond donors (Lipinski definition) is 2. The van der Waals surface area contributed by atoms with Gasteiger partial charge in [-0.3, -0.25) is 4.90 Å². The number of carboxylic acid groups (broad SMARTS) is 1. The molecule has 1 aromatic heterocycles. The van der Waals surface area contributed by atoms with Gasteiger partial charge < -0.3 is 14.8 Å². The summed E-state index contributed by atoms with van der Waals surface area (Å²) in [4.78, 5) is 28.8. The van der Waals surface area contributed by atoms with Crippen molar-refractivity contribution in [3.05, 3.63) is 72.1 Å². The lowest BCUT2D eigenvalue weighted by Crippen LogP contribution is -2.30. The van der Waals surface area contributed by atoms with E-state index in [-0.39, 0.29) is 5.57 Å². The Kier molecular flexibility index (Phi) is 3.93. The number of rotatable bonds is 2. The van der Waals surface area contributed by atoms with Crippen LogP contribution >= 0.6 is 0 Å². The summed E-state index contributed by atoms with van der Waals surface area (Å²) in [6.07, 6.45) is 1.26. The summed E-state index contributed by atoms with van der Waals surface area (Å²) in [6.45, 7) is 0.331. The second-order valence-electron chi connectivity index (χ2n) is 6.00. The maximum absolute atomic E-state index is 12.5. The van der Waals surface area contributed by atoms with E-state index in [0.29, 0.717) is 24.4 Å². The van der Waals surface area contributed by atoms with Crippen molar-refractivity contribution in [2.75, 3.05) is 6.54 Å². The molecule has 2 heterocycles. The lowest BCUT2D eigenvalue weighted by atomic mass is 10.0. The predicted molar refractivity (Wildman–Crippen MR) is 96.8 cm³/mol. The molecule has 0 fully saturated rings. The van der Waals surface area contributed by atoms with Crippen LogP contribution in [0.4, 0.5) is 4.79 Å². The van der Waals surface area contributed by atoms with Gasteiger partial charge in [0.2, 0.25) is 0 Å². The van der Waals surface area contributed by atoms with E-state index in [2.05, 4.69) is 4.98 Å². The Labute approximate surface area is 149 Å². The van der Waals surface area contributed by atoms with Gasteiger partial charge in [0.15, 0.2) is 0 Å². The number of benzene rings is 2. The van der Waals surface area contributed by atoms with Crippen LogP contribution in [0.15, 0.2) is 60.8 Å². The number of nitrogens with one attached hydrogen (secondary N) is 1. The van der Waals surface area contributed by atoms with Crippen LogP contribution in [0.1, 0.15) is 11.3 Å². The molecule has 6 heteroatoms. The average Bonchev–Trinajstić information content (AvgIpc) is 2.89. The fraction of sp³-hybridized carbons (Fsp3) is 0.100. The quantitative estimate of drug-likeness (QED) is 0.740. The first kappa shape index (κ1) is 16.0. The average molecular weight is 348 g/mol. The predicted octanol–water partition coefficient (Wildman–Crippen LogP) is 3.65. The zero-order valence-electron chi connectivity index (χ0n) is 13.8. The number of aromatic nitrogens is 1. The van der Waals surface area contributed by atoms with Crippen molar-refractivity contribution in [1.82, 2.24) is 9.88 Å². The smallest absolute Gasteiger partial charge is 0.419 e. The second-order valence-corrected chi connectivity index (χ2v) is 6.00. The van der Waals surface area contributed by atoms with Gasteiger partial charge in [0.25, 0.3) is 0 Å². The molecule has 1 aliphatic rings. The van der Waals surface area contributed by atoms with Gasteiger partial charge in [0.05, 0.1) is 11.3 Å². The van der Waals surface area contributed by atoms with Gasteiger partial charge in [-0.25, -0.2) is 9.59 Å². The third-order valence-corrected chi connectivity index (χ3v) is 4.38. The lowest BCUT2D eigenvalue weighted by Gasteiger charge is -2.17. The molecule has 26 heavy (non-hydrogen) atoms. The summed E-state index contributed by atoms with van der Waals surface area (Å²) in [5.74, 6) is -0.687. The second kappa shape index (κ2) is 6.40. The highest BCUT2D eigenvalue weighted by atomic mass is 16.6. The molecule has 0 radical (unpaired) electrons. The Morgan fingerprint density at radius 2 is 1.77 bits per heavy atom. The zero-order chi connectivity index (χ0) is 18.1. The maximum atomic E-state index is 12.5. The lowest BCUT2D eigenvalue weighted by molar-refractivity contribution is -0.130. The molecule has 1 amide bonds. The van der Waals surface area contributed by atoms with Crippen LogP contribution < -0.4 is 4.74 Å². The molecule has 2 aromatic carbocycles. The van der Waals surface area contributed by atoms with Crippen LogP contribution in [0.3, 0.4) is 0 Å². The van der Waals surface area contributed by atoms with Crippen molar-refractivity contribution in [2.24, 2.45) is 0 Å². The van der Waals surface area contributed by atoms with Crippen molar-refractivity contribution >= 4 is 28.5 Å². The molecule has 6 nitrogen and oxygen atoms in total. The fourth-order valence-corrected chi connectivity index (χ4v) is 3.16. The Balaban J connectivity index is 1.70. The van der Waals surface area contributed by atoms with Crippen molar-refractivity contribution in [3.63, 3.8) is 0 Å². The van der Waals surface area contributed by atoms with Gasteiger partial charge in [-0.15, -0.1) is 0 Å². The monoisotopic (exact) mass is 348 g/mol. The van der Waals surface area contributed by atoms with E-state index in [1.165, 1.54) is 11.1 Å². The van der Waals surface area contributed by atoms with Gasteiger partial charge in [-0.2, -0.15) is 0 Å². The molecule has 3 aromatic rings. The number of fused-ring (bicyclic) bond motifs is 3. The summed E-state index contributed by atoms with van der Waals surface area (Å²) < 4.78 is 5.34. The molecule has 0 bridgehead atoms. The van der Waals surface area contributed by atoms with Crippen LogP contribution in [0.2, 0.25) is 0 Å².